The Labute approximate surface area is 166 Å². The van der Waals surface area contributed by atoms with Gasteiger partial charge in [-0.3, -0.25) is 9.48 Å². The highest BCUT2D eigenvalue weighted by atomic mass is 16.3. The first-order valence-electron chi connectivity index (χ1n) is 10.6. The fourth-order valence-corrected chi connectivity index (χ4v) is 6.28. The maximum atomic E-state index is 13.4. The molecule has 2 saturated carbocycles. The van der Waals surface area contributed by atoms with E-state index in [1.54, 1.807) is 0 Å². The summed E-state index contributed by atoms with van der Waals surface area (Å²) in [4.78, 5) is 13.4. The van der Waals surface area contributed by atoms with Gasteiger partial charge in [0.1, 0.15) is 5.75 Å². The van der Waals surface area contributed by atoms with E-state index in [0.29, 0.717) is 29.3 Å². The lowest BCUT2D eigenvalue weighted by Crippen LogP contribution is -2.42. The van der Waals surface area contributed by atoms with Crippen molar-refractivity contribution in [3.05, 3.63) is 52.9 Å². The first kappa shape index (κ1) is 17.7. The summed E-state index contributed by atoms with van der Waals surface area (Å²) in [6.45, 7) is 5.10. The predicted octanol–water partition coefficient (Wildman–Crippen LogP) is 4.73. The third-order valence-corrected chi connectivity index (χ3v) is 7.72. The van der Waals surface area contributed by atoms with Gasteiger partial charge in [-0.1, -0.05) is 13.0 Å². The average Bonchev–Trinajstić information content (AvgIpc) is 3.24. The summed E-state index contributed by atoms with van der Waals surface area (Å²) >= 11 is 0. The van der Waals surface area contributed by atoms with E-state index in [0.717, 1.165) is 49.9 Å². The van der Waals surface area contributed by atoms with Crippen molar-refractivity contribution < 1.29 is 9.90 Å². The van der Waals surface area contributed by atoms with Crippen LogP contribution in [0.25, 0.3) is 6.08 Å². The zero-order chi connectivity index (χ0) is 19.5. The van der Waals surface area contributed by atoms with E-state index in [1.807, 2.05) is 29.1 Å². The summed E-state index contributed by atoms with van der Waals surface area (Å²) < 4.78 is 1.96. The van der Waals surface area contributed by atoms with Gasteiger partial charge in [-0.15, -0.1) is 0 Å². The summed E-state index contributed by atoms with van der Waals surface area (Å²) in [5.41, 5.74) is 4.51. The van der Waals surface area contributed by atoms with Gasteiger partial charge >= 0.3 is 0 Å². The van der Waals surface area contributed by atoms with E-state index in [-0.39, 0.29) is 5.41 Å². The summed E-state index contributed by atoms with van der Waals surface area (Å²) in [7, 11) is 0. The van der Waals surface area contributed by atoms with E-state index < -0.39 is 0 Å². The van der Waals surface area contributed by atoms with Crippen LogP contribution in [-0.2, 0) is 17.8 Å². The largest absolute Gasteiger partial charge is 0.508 e. The van der Waals surface area contributed by atoms with Gasteiger partial charge in [0.2, 0.25) is 0 Å². The monoisotopic (exact) mass is 376 g/mol. The van der Waals surface area contributed by atoms with Gasteiger partial charge in [-0.25, -0.2) is 0 Å². The normalized spacial score (nSPS) is 32.9. The number of phenols is 1. The third kappa shape index (κ3) is 2.50. The van der Waals surface area contributed by atoms with Crippen LogP contribution >= 0.6 is 0 Å². The minimum absolute atomic E-state index is 0.224. The average molecular weight is 377 g/mol. The Morgan fingerprint density at radius 3 is 3.00 bits per heavy atom. The fraction of sp³-hybridized carbons (Fsp3) is 0.500. The maximum Gasteiger partial charge on any atom is 0.165 e. The van der Waals surface area contributed by atoms with Crippen molar-refractivity contribution in [2.75, 3.05) is 0 Å². The number of carbonyl (C=O) groups excluding carboxylic acids is 1. The Kier molecular flexibility index (Phi) is 4.01. The Morgan fingerprint density at radius 1 is 1.32 bits per heavy atom. The van der Waals surface area contributed by atoms with Crippen LogP contribution in [-0.4, -0.2) is 20.7 Å². The molecule has 4 heteroatoms. The van der Waals surface area contributed by atoms with E-state index in [9.17, 15) is 9.90 Å². The van der Waals surface area contributed by atoms with Crippen molar-refractivity contribution in [3.63, 3.8) is 0 Å². The van der Waals surface area contributed by atoms with Crippen LogP contribution in [0.4, 0.5) is 0 Å². The van der Waals surface area contributed by atoms with Crippen LogP contribution in [0.1, 0.15) is 62.3 Å². The number of allylic oxidation sites excluding steroid dienone is 1. The van der Waals surface area contributed by atoms with Gasteiger partial charge in [-0.2, -0.15) is 5.10 Å². The molecular weight excluding hydrogens is 348 g/mol. The number of rotatable bonds is 2. The Bertz CT molecular complexity index is 973. The molecule has 146 valence electrons. The lowest BCUT2D eigenvalue weighted by molar-refractivity contribution is -0.127. The molecule has 1 aromatic heterocycles. The van der Waals surface area contributed by atoms with E-state index in [1.165, 1.54) is 11.1 Å². The van der Waals surface area contributed by atoms with Crippen LogP contribution < -0.4 is 0 Å². The lowest BCUT2D eigenvalue weighted by Gasteiger charge is -2.48. The Morgan fingerprint density at radius 2 is 2.18 bits per heavy atom. The van der Waals surface area contributed by atoms with Crippen molar-refractivity contribution >= 4 is 11.9 Å². The summed E-state index contributed by atoms with van der Waals surface area (Å²) in [6.07, 6.45) is 8.95. The number of aromatic nitrogens is 2. The molecule has 1 heterocycles. The van der Waals surface area contributed by atoms with Crippen molar-refractivity contribution in [3.8, 4) is 5.75 Å². The summed E-state index contributed by atoms with van der Waals surface area (Å²) in [5, 5.41) is 14.2. The third-order valence-electron chi connectivity index (χ3n) is 7.72. The molecule has 4 nitrogen and oxygen atoms in total. The van der Waals surface area contributed by atoms with Crippen LogP contribution in [0, 0.1) is 17.3 Å². The number of ketones is 1. The smallest absolute Gasteiger partial charge is 0.165 e. The van der Waals surface area contributed by atoms with E-state index in [2.05, 4.69) is 31.1 Å². The number of phenolic OH excluding ortho intramolecular Hbond substituents is 1. The van der Waals surface area contributed by atoms with Crippen molar-refractivity contribution in [1.82, 2.24) is 9.78 Å². The van der Waals surface area contributed by atoms with Gasteiger partial charge in [0, 0.05) is 18.2 Å². The summed E-state index contributed by atoms with van der Waals surface area (Å²) in [6, 6.07) is 7.89. The van der Waals surface area contributed by atoms with Crippen LogP contribution in [0.2, 0.25) is 0 Å². The Hall–Kier alpha value is -2.36. The lowest BCUT2D eigenvalue weighted by atomic mass is 9.55. The van der Waals surface area contributed by atoms with Gasteiger partial charge in [0.05, 0.1) is 5.69 Å². The number of Topliss-reactive ketones (excluding diaryl/α,β-unsaturated/α-hetero) is 1. The van der Waals surface area contributed by atoms with Crippen LogP contribution in [0.3, 0.4) is 0 Å². The SMILES string of the molecule is CCn1nccc1/C=C1\CC2C3CCc4cc(O)ccc4C3CCC2(C)C1=O. The quantitative estimate of drug-likeness (QED) is 0.771. The standard InChI is InChI=1S/C24H28N2O2/c1-3-26-17(9-11-25-26)12-16-14-22-21-6-4-15-13-18(27)5-7-19(15)20(21)8-10-24(22,2)23(16)28/h5,7,9,11-13,20-22,27H,3-4,6,8,10,14H2,1-2H3/b16-12+. The second-order valence-corrected chi connectivity index (χ2v) is 9.03. The number of hydrogen-bond acceptors (Lipinski definition) is 3. The van der Waals surface area contributed by atoms with Crippen LogP contribution in [0.15, 0.2) is 36.0 Å². The van der Waals surface area contributed by atoms with Crippen LogP contribution in [0.5, 0.6) is 5.75 Å². The zero-order valence-corrected chi connectivity index (χ0v) is 16.7. The molecule has 4 unspecified atom stereocenters. The van der Waals surface area contributed by atoms with Gasteiger partial charge in [0.25, 0.3) is 0 Å². The highest BCUT2D eigenvalue weighted by Gasteiger charge is 2.56. The molecule has 1 N–H and O–H groups in total. The van der Waals surface area contributed by atoms with Gasteiger partial charge < -0.3 is 5.11 Å². The second-order valence-electron chi connectivity index (χ2n) is 9.03. The highest BCUT2D eigenvalue weighted by molar-refractivity contribution is 6.05. The highest BCUT2D eigenvalue weighted by Crippen LogP contribution is 2.60. The molecule has 0 radical (unpaired) electrons. The second kappa shape index (κ2) is 6.33. The molecule has 0 saturated heterocycles. The minimum Gasteiger partial charge on any atom is -0.508 e. The number of nitrogens with zero attached hydrogens (tertiary/aromatic N) is 2. The molecule has 3 aliphatic rings. The summed E-state index contributed by atoms with van der Waals surface area (Å²) in [5.74, 6) is 2.23. The molecule has 2 fully saturated rings. The fourth-order valence-electron chi connectivity index (χ4n) is 6.28. The van der Waals surface area contributed by atoms with Gasteiger partial charge in [-0.05, 0) is 97.8 Å². The van der Waals surface area contributed by atoms with Gasteiger partial charge in [0.15, 0.2) is 5.78 Å². The number of benzene rings is 1. The topological polar surface area (TPSA) is 55.1 Å². The molecule has 2 aromatic rings. The number of aryl methyl sites for hydroxylation is 2. The predicted molar refractivity (Wildman–Crippen MR) is 109 cm³/mol. The molecule has 0 amide bonds. The number of hydrogen-bond donors (Lipinski definition) is 1. The Balaban J connectivity index is 1.49. The number of aromatic hydroxyl groups is 1. The molecule has 3 aliphatic carbocycles. The maximum absolute atomic E-state index is 13.4. The molecule has 4 atom stereocenters. The first-order chi connectivity index (χ1) is 13.5. The molecule has 0 aliphatic heterocycles. The molecular formula is C24H28N2O2. The van der Waals surface area contributed by atoms with Crippen molar-refractivity contribution in [1.29, 1.82) is 0 Å². The molecule has 28 heavy (non-hydrogen) atoms. The number of carbonyl (C=O) groups is 1. The van der Waals surface area contributed by atoms with E-state index >= 15 is 0 Å². The molecule has 5 rings (SSSR count). The van der Waals surface area contributed by atoms with Crippen molar-refractivity contribution in [2.24, 2.45) is 17.3 Å². The molecule has 0 spiro atoms. The molecule has 1 aromatic carbocycles. The minimum atomic E-state index is -0.224. The first-order valence-corrected chi connectivity index (χ1v) is 10.6. The zero-order valence-electron chi connectivity index (χ0n) is 16.7. The number of fused-ring (bicyclic) bond motifs is 5. The van der Waals surface area contributed by atoms with Crippen molar-refractivity contribution in [2.45, 2.75) is 58.4 Å². The molecule has 0 bridgehead atoms. The van der Waals surface area contributed by atoms with E-state index in [4.69, 9.17) is 0 Å².